The summed E-state index contributed by atoms with van der Waals surface area (Å²) in [6, 6.07) is 4.95. The lowest BCUT2D eigenvalue weighted by molar-refractivity contribution is -0.144. The van der Waals surface area contributed by atoms with Gasteiger partial charge in [-0.25, -0.2) is 22.9 Å². The van der Waals surface area contributed by atoms with Crippen LogP contribution >= 0.6 is 0 Å². The molecule has 0 fully saturated rings. The van der Waals surface area contributed by atoms with E-state index in [1.807, 2.05) is 0 Å². The van der Waals surface area contributed by atoms with Gasteiger partial charge in [0, 0.05) is 13.1 Å². The molecule has 0 saturated carbocycles. The Kier molecular flexibility index (Phi) is 3.95. The number of hydrogen-bond donors (Lipinski definition) is 1. The van der Waals surface area contributed by atoms with E-state index >= 15 is 0 Å². The van der Waals surface area contributed by atoms with Gasteiger partial charge in [-0.05, 0) is 12.1 Å². The van der Waals surface area contributed by atoms with Crippen molar-refractivity contribution < 1.29 is 21.6 Å². The first kappa shape index (κ1) is 17.0. The fourth-order valence-corrected chi connectivity index (χ4v) is 2.72. The Morgan fingerprint density at radius 3 is 2.22 bits per heavy atom. The molecular formula is C12H10F3N3O4S. The Labute approximate surface area is 127 Å². The zero-order valence-corrected chi connectivity index (χ0v) is 12.4. The van der Waals surface area contributed by atoms with Crippen molar-refractivity contribution in [1.29, 1.82) is 0 Å². The third-order valence-electron chi connectivity index (χ3n) is 3.02. The lowest BCUT2D eigenvalue weighted by atomic mass is 10.3. The van der Waals surface area contributed by atoms with Crippen LogP contribution < -0.4 is 16.4 Å². The van der Waals surface area contributed by atoms with Crippen molar-refractivity contribution in [1.82, 2.24) is 9.13 Å². The van der Waals surface area contributed by atoms with Crippen molar-refractivity contribution in [2.45, 2.75) is 11.1 Å². The second kappa shape index (κ2) is 5.35. The van der Waals surface area contributed by atoms with Crippen LogP contribution in [-0.4, -0.2) is 17.6 Å². The molecule has 7 nitrogen and oxygen atoms in total. The molecule has 23 heavy (non-hydrogen) atoms. The van der Waals surface area contributed by atoms with Crippen molar-refractivity contribution >= 4 is 10.0 Å². The molecule has 0 unspecified atom stereocenters. The van der Waals surface area contributed by atoms with Crippen LogP contribution in [0, 0.1) is 0 Å². The minimum Gasteiger partial charge on any atom is -0.292 e. The summed E-state index contributed by atoms with van der Waals surface area (Å²) in [7, 11) is -3.48. The Balaban J connectivity index is 2.92. The number of para-hydroxylation sites is 1. The second-order valence-corrected chi connectivity index (χ2v) is 6.09. The number of nitrogens with two attached hydrogens (primary N) is 1. The van der Waals surface area contributed by atoms with Crippen molar-refractivity contribution in [2.24, 2.45) is 12.2 Å². The fourth-order valence-electron chi connectivity index (χ4n) is 2.00. The van der Waals surface area contributed by atoms with E-state index < -0.39 is 43.7 Å². The maximum atomic E-state index is 12.8. The summed E-state index contributed by atoms with van der Waals surface area (Å²) in [6.45, 7) is 0. The maximum absolute atomic E-state index is 12.8. The molecule has 11 heteroatoms. The van der Waals surface area contributed by atoms with Crippen LogP contribution in [0.1, 0.15) is 5.69 Å². The third-order valence-corrected chi connectivity index (χ3v) is 3.98. The summed E-state index contributed by atoms with van der Waals surface area (Å²) in [5.74, 6) is 0. The number of alkyl halides is 3. The van der Waals surface area contributed by atoms with E-state index in [2.05, 4.69) is 0 Å². The van der Waals surface area contributed by atoms with E-state index in [9.17, 15) is 31.2 Å². The van der Waals surface area contributed by atoms with Crippen LogP contribution in [0.2, 0.25) is 0 Å². The molecule has 0 atom stereocenters. The highest BCUT2D eigenvalue weighted by molar-refractivity contribution is 7.89. The van der Waals surface area contributed by atoms with Gasteiger partial charge in [0.2, 0.25) is 10.0 Å². The van der Waals surface area contributed by atoms with Gasteiger partial charge >= 0.3 is 11.9 Å². The zero-order valence-electron chi connectivity index (χ0n) is 11.5. The summed E-state index contributed by atoms with van der Waals surface area (Å²) in [5, 5.41) is 5.00. The molecule has 1 heterocycles. The Bertz CT molecular complexity index is 990. The van der Waals surface area contributed by atoms with Crippen LogP contribution in [-0.2, 0) is 23.2 Å². The summed E-state index contributed by atoms with van der Waals surface area (Å²) in [4.78, 5) is 23.5. The Morgan fingerprint density at radius 2 is 1.70 bits per heavy atom. The van der Waals surface area contributed by atoms with Crippen LogP contribution in [0.3, 0.4) is 0 Å². The van der Waals surface area contributed by atoms with Gasteiger partial charge in [-0.3, -0.25) is 9.36 Å². The average Bonchev–Trinajstić information content (AvgIpc) is 2.41. The maximum Gasteiger partial charge on any atom is 0.431 e. The van der Waals surface area contributed by atoms with Crippen LogP contribution in [0.25, 0.3) is 5.69 Å². The lowest BCUT2D eigenvalue weighted by Gasteiger charge is -2.15. The summed E-state index contributed by atoms with van der Waals surface area (Å²) in [6.07, 6.45) is -4.91. The quantitative estimate of drug-likeness (QED) is 0.836. The molecule has 0 radical (unpaired) electrons. The molecule has 0 amide bonds. The molecule has 0 bridgehead atoms. The van der Waals surface area contributed by atoms with Gasteiger partial charge in [0.25, 0.3) is 5.56 Å². The number of nitrogens with zero attached hydrogens (tertiary/aromatic N) is 2. The first-order chi connectivity index (χ1) is 10.4. The van der Waals surface area contributed by atoms with Crippen LogP contribution in [0.4, 0.5) is 13.2 Å². The number of benzene rings is 1. The van der Waals surface area contributed by atoms with E-state index in [1.54, 1.807) is 0 Å². The van der Waals surface area contributed by atoms with E-state index in [1.165, 1.54) is 12.1 Å². The molecule has 1 aromatic heterocycles. The number of rotatable bonds is 2. The standard InChI is InChI=1S/C12H10F3N3O4S/c1-17-9(12(13,14)15)6-10(19)18(11(17)20)7-4-2-3-5-8(7)23(16,21)22/h2-6H,1H3,(H2,16,21,22). The smallest absolute Gasteiger partial charge is 0.292 e. The van der Waals surface area contributed by atoms with Gasteiger partial charge in [-0.2, -0.15) is 13.2 Å². The van der Waals surface area contributed by atoms with Crippen molar-refractivity contribution in [2.75, 3.05) is 0 Å². The van der Waals surface area contributed by atoms with Crippen LogP contribution in [0.15, 0.2) is 44.8 Å². The Hall–Kier alpha value is -2.40. The SMILES string of the molecule is Cn1c(C(F)(F)F)cc(=O)n(-c2ccccc2S(N)(=O)=O)c1=O. The zero-order chi connectivity index (χ0) is 17.6. The van der Waals surface area contributed by atoms with Gasteiger partial charge in [0.15, 0.2) is 0 Å². The Morgan fingerprint density at radius 1 is 1.13 bits per heavy atom. The van der Waals surface area contributed by atoms with E-state index in [0.29, 0.717) is 4.57 Å². The first-order valence-corrected chi connectivity index (χ1v) is 7.51. The van der Waals surface area contributed by atoms with Crippen molar-refractivity contribution in [3.05, 3.63) is 56.9 Å². The fraction of sp³-hybridized carbons (Fsp3) is 0.167. The normalized spacial score (nSPS) is 12.4. The molecule has 124 valence electrons. The molecule has 0 saturated heterocycles. The molecule has 0 spiro atoms. The molecule has 0 aliphatic carbocycles. The predicted molar refractivity (Wildman–Crippen MR) is 73.7 cm³/mol. The van der Waals surface area contributed by atoms with Crippen molar-refractivity contribution in [3.8, 4) is 5.69 Å². The molecule has 1 aromatic carbocycles. The highest BCUT2D eigenvalue weighted by Crippen LogP contribution is 2.27. The molecule has 2 rings (SSSR count). The van der Waals surface area contributed by atoms with Crippen LogP contribution in [0.5, 0.6) is 0 Å². The van der Waals surface area contributed by atoms with E-state index in [4.69, 9.17) is 5.14 Å². The lowest BCUT2D eigenvalue weighted by Crippen LogP contribution is -2.41. The number of primary sulfonamides is 1. The predicted octanol–water partition coefficient (Wildman–Crippen LogP) is 0.202. The van der Waals surface area contributed by atoms with Gasteiger partial charge in [0.1, 0.15) is 10.6 Å². The number of aromatic nitrogens is 2. The molecule has 0 aliphatic heterocycles. The number of sulfonamides is 1. The van der Waals surface area contributed by atoms with Gasteiger partial charge < -0.3 is 0 Å². The topological polar surface area (TPSA) is 104 Å². The largest absolute Gasteiger partial charge is 0.431 e. The van der Waals surface area contributed by atoms with Gasteiger partial charge in [-0.1, -0.05) is 12.1 Å². The van der Waals surface area contributed by atoms with E-state index in [0.717, 1.165) is 19.2 Å². The third kappa shape index (κ3) is 3.05. The van der Waals surface area contributed by atoms with Gasteiger partial charge in [0.05, 0.1) is 5.69 Å². The highest BCUT2D eigenvalue weighted by atomic mass is 32.2. The minimum atomic E-state index is -4.91. The summed E-state index contributed by atoms with van der Waals surface area (Å²) in [5.41, 5.74) is -4.54. The van der Waals surface area contributed by atoms with Gasteiger partial charge in [-0.15, -0.1) is 0 Å². The molecule has 2 N–H and O–H groups in total. The minimum absolute atomic E-state index is 0.210. The molecule has 0 aliphatic rings. The first-order valence-electron chi connectivity index (χ1n) is 5.97. The molecular weight excluding hydrogens is 339 g/mol. The van der Waals surface area contributed by atoms with Crippen molar-refractivity contribution in [3.63, 3.8) is 0 Å². The molecule has 2 aromatic rings. The highest BCUT2D eigenvalue weighted by Gasteiger charge is 2.35. The van der Waals surface area contributed by atoms with E-state index in [-0.39, 0.29) is 10.6 Å². The summed E-state index contributed by atoms with van der Waals surface area (Å²) >= 11 is 0. The average molecular weight is 349 g/mol. The monoisotopic (exact) mass is 349 g/mol. The summed E-state index contributed by atoms with van der Waals surface area (Å²) < 4.78 is 62.0. The number of hydrogen-bond acceptors (Lipinski definition) is 4. The second-order valence-electron chi connectivity index (χ2n) is 4.56. The number of halogens is 3.